The quantitative estimate of drug-likeness (QED) is 0.857. The SMILES string of the molecule is CC1c2ccsc2CCN1C(=O)c1cc(Br)cnc1N. The van der Waals surface area contributed by atoms with Crippen LogP contribution in [0.5, 0.6) is 0 Å². The minimum Gasteiger partial charge on any atom is -0.383 e. The van der Waals surface area contributed by atoms with Gasteiger partial charge < -0.3 is 10.6 Å². The Morgan fingerprint density at radius 1 is 1.60 bits per heavy atom. The van der Waals surface area contributed by atoms with Crippen LogP contribution in [0.4, 0.5) is 5.82 Å². The molecule has 6 heteroatoms. The summed E-state index contributed by atoms with van der Waals surface area (Å²) in [4.78, 5) is 20.0. The molecule has 0 bridgehead atoms. The fourth-order valence-corrected chi connectivity index (χ4v) is 3.86. The average Bonchev–Trinajstić information content (AvgIpc) is 2.90. The van der Waals surface area contributed by atoms with E-state index in [-0.39, 0.29) is 17.8 Å². The molecule has 1 amide bonds. The highest BCUT2D eigenvalue weighted by molar-refractivity contribution is 9.10. The second kappa shape index (κ2) is 5.18. The van der Waals surface area contributed by atoms with Gasteiger partial charge in [0.05, 0.1) is 11.6 Å². The highest BCUT2D eigenvalue weighted by atomic mass is 79.9. The van der Waals surface area contributed by atoms with E-state index in [9.17, 15) is 4.79 Å². The van der Waals surface area contributed by atoms with Gasteiger partial charge >= 0.3 is 0 Å². The predicted molar refractivity (Wildman–Crippen MR) is 83.8 cm³/mol. The van der Waals surface area contributed by atoms with Crippen LogP contribution < -0.4 is 5.73 Å². The Morgan fingerprint density at radius 2 is 2.40 bits per heavy atom. The molecular weight excluding hydrogens is 338 g/mol. The van der Waals surface area contributed by atoms with Crippen molar-refractivity contribution in [2.75, 3.05) is 12.3 Å². The van der Waals surface area contributed by atoms with Gasteiger partial charge in [0.2, 0.25) is 0 Å². The fourth-order valence-electron chi connectivity index (χ4n) is 2.56. The number of rotatable bonds is 1. The van der Waals surface area contributed by atoms with Crippen LogP contribution in [0.2, 0.25) is 0 Å². The van der Waals surface area contributed by atoms with Crippen molar-refractivity contribution in [1.82, 2.24) is 9.88 Å². The molecule has 4 nitrogen and oxygen atoms in total. The van der Waals surface area contributed by atoms with Gasteiger partial charge in [-0.1, -0.05) is 0 Å². The first-order valence-electron chi connectivity index (χ1n) is 6.36. The highest BCUT2D eigenvalue weighted by Gasteiger charge is 2.30. The normalized spacial score (nSPS) is 17.9. The summed E-state index contributed by atoms with van der Waals surface area (Å²) in [5.41, 5.74) is 7.55. The molecule has 2 N–H and O–H groups in total. The molecule has 20 heavy (non-hydrogen) atoms. The van der Waals surface area contributed by atoms with Gasteiger partial charge in [-0.15, -0.1) is 11.3 Å². The first-order chi connectivity index (χ1) is 9.58. The number of carbonyl (C=O) groups is 1. The maximum atomic E-state index is 12.7. The van der Waals surface area contributed by atoms with E-state index < -0.39 is 0 Å². The molecular formula is C14H14BrN3OS. The van der Waals surface area contributed by atoms with Crippen molar-refractivity contribution < 1.29 is 4.79 Å². The molecule has 3 heterocycles. The number of fused-ring (bicyclic) bond motifs is 1. The Balaban J connectivity index is 1.94. The molecule has 1 aliphatic rings. The van der Waals surface area contributed by atoms with Crippen LogP contribution in [0.3, 0.4) is 0 Å². The van der Waals surface area contributed by atoms with Crippen molar-refractivity contribution in [3.63, 3.8) is 0 Å². The number of anilines is 1. The topological polar surface area (TPSA) is 59.2 Å². The number of nitrogens with zero attached hydrogens (tertiary/aromatic N) is 2. The summed E-state index contributed by atoms with van der Waals surface area (Å²) in [6.45, 7) is 2.78. The maximum absolute atomic E-state index is 12.7. The van der Waals surface area contributed by atoms with Gasteiger partial charge in [0.25, 0.3) is 5.91 Å². The Labute approximate surface area is 129 Å². The number of aromatic nitrogens is 1. The summed E-state index contributed by atoms with van der Waals surface area (Å²) in [7, 11) is 0. The minimum atomic E-state index is -0.0550. The molecule has 0 saturated heterocycles. The summed E-state index contributed by atoms with van der Waals surface area (Å²) in [6.07, 6.45) is 2.51. The lowest BCUT2D eigenvalue weighted by molar-refractivity contribution is 0.0680. The number of nitrogen functional groups attached to an aromatic ring is 1. The molecule has 1 unspecified atom stereocenters. The predicted octanol–water partition coefficient (Wildman–Crippen LogP) is 3.25. The summed E-state index contributed by atoms with van der Waals surface area (Å²) >= 11 is 5.10. The molecule has 2 aromatic rings. The smallest absolute Gasteiger partial charge is 0.258 e. The number of pyridine rings is 1. The van der Waals surface area contributed by atoms with Crippen molar-refractivity contribution in [3.05, 3.63) is 44.2 Å². The van der Waals surface area contributed by atoms with Crippen LogP contribution >= 0.6 is 27.3 Å². The Hall–Kier alpha value is -1.40. The van der Waals surface area contributed by atoms with Crippen molar-refractivity contribution in [1.29, 1.82) is 0 Å². The van der Waals surface area contributed by atoms with Gasteiger partial charge in [-0.3, -0.25) is 4.79 Å². The van der Waals surface area contributed by atoms with E-state index in [2.05, 4.69) is 39.3 Å². The van der Waals surface area contributed by atoms with Gasteiger partial charge in [-0.05, 0) is 52.4 Å². The molecule has 104 valence electrons. The first kappa shape index (κ1) is 13.6. The molecule has 0 aromatic carbocycles. The average molecular weight is 352 g/mol. The second-order valence-electron chi connectivity index (χ2n) is 4.81. The minimum absolute atomic E-state index is 0.0550. The lowest BCUT2D eigenvalue weighted by Gasteiger charge is -2.33. The fraction of sp³-hybridized carbons (Fsp3) is 0.286. The molecule has 1 atom stereocenters. The van der Waals surface area contributed by atoms with Gasteiger partial charge in [0, 0.05) is 22.1 Å². The first-order valence-corrected chi connectivity index (χ1v) is 8.03. The zero-order valence-corrected chi connectivity index (χ0v) is 13.4. The molecule has 0 aliphatic carbocycles. The van der Waals surface area contributed by atoms with Crippen LogP contribution in [-0.4, -0.2) is 22.3 Å². The van der Waals surface area contributed by atoms with E-state index in [1.165, 1.54) is 10.4 Å². The summed E-state index contributed by atoms with van der Waals surface area (Å²) in [6, 6.07) is 3.92. The van der Waals surface area contributed by atoms with Crippen LogP contribution in [0.25, 0.3) is 0 Å². The zero-order valence-electron chi connectivity index (χ0n) is 11.0. The lowest BCUT2D eigenvalue weighted by atomic mass is 10.0. The summed E-state index contributed by atoms with van der Waals surface area (Å²) in [5.74, 6) is 0.224. The van der Waals surface area contributed by atoms with Crippen LogP contribution in [-0.2, 0) is 6.42 Å². The molecule has 3 rings (SSSR count). The van der Waals surface area contributed by atoms with E-state index in [4.69, 9.17) is 5.73 Å². The van der Waals surface area contributed by atoms with Crippen LogP contribution in [0.15, 0.2) is 28.2 Å². The van der Waals surface area contributed by atoms with E-state index >= 15 is 0 Å². The van der Waals surface area contributed by atoms with Crippen molar-refractivity contribution in [2.45, 2.75) is 19.4 Å². The third-order valence-electron chi connectivity index (χ3n) is 3.65. The van der Waals surface area contributed by atoms with E-state index in [1.807, 2.05) is 4.90 Å². The van der Waals surface area contributed by atoms with Crippen molar-refractivity contribution >= 4 is 39.0 Å². The lowest BCUT2D eigenvalue weighted by Crippen LogP contribution is -2.38. The summed E-state index contributed by atoms with van der Waals surface area (Å²) in [5, 5.41) is 2.09. The van der Waals surface area contributed by atoms with Crippen LogP contribution in [0.1, 0.15) is 33.8 Å². The monoisotopic (exact) mass is 351 g/mol. The molecule has 0 radical (unpaired) electrons. The number of hydrogen-bond donors (Lipinski definition) is 1. The van der Waals surface area contributed by atoms with Crippen molar-refractivity contribution in [2.24, 2.45) is 0 Å². The van der Waals surface area contributed by atoms with Gasteiger partial charge in [-0.2, -0.15) is 0 Å². The highest BCUT2D eigenvalue weighted by Crippen LogP contribution is 2.34. The van der Waals surface area contributed by atoms with Gasteiger partial charge in [-0.25, -0.2) is 4.98 Å². The summed E-state index contributed by atoms with van der Waals surface area (Å²) < 4.78 is 0.760. The van der Waals surface area contributed by atoms with E-state index in [1.54, 1.807) is 23.6 Å². The maximum Gasteiger partial charge on any atom is 0.258 e. The molecule has 0 fully saturated rings. The zero-order chi connectivity index (χ0) is 14.3. The van der Waals surface area contributed by atoms with Crippen LogP contribution in [0, 0.1) is 0 Å². The van der Waals surface area contributed by atoms with Gasteiger partial charge in [0.1, 0.15) is 5.82 Å². The van der Waals surface area contributed by atoms with Gasteiger partial charge in [0.15, 0.2) is 0 Å². The molecule has 1 aliphatic heterocycles. The van der Waals surface area contributed by atoms with Crippen molar-refractivity contribution in [3.8, 4) is 0 Å². The number of hydrogen-bond acceptors (Lipinski definition) is 4. The Bertz CT molecular complexity index is 670. The Morgan fingerprint density at radius 3 is 3.20 bits per heavy atom. The number of carbonyl (C=O) groups excluding carboxylic acids is 1. The third kappa shape index (κ3) is 2.23. The molecule has 0 spiro atoms. The van der Waals surface area contributed by atoms with E-state index in [0.717, 1.165) is 17.4 Å². The largest absolute Gasteiger partial charge is 0.383 e. The standard InChI is InChI=1S/C14H14BrN3OS/c1-8-10-3-5-20-12(10)2-4-18(8)14(19)11-6-9(15)7-17-13(11)16/h3,5-8H,2,4H2,1H3,(H2,16,17). The third-order valence-corrected chi connectivity index (χ3v) is 5.08. The number of thiophene rings is 1. The second-order valence-corrected chi connectivity index (χ2v) is 6.73. The molecule has 0 saturated carbocycles. The number of halogens is 1. The number of nitrogens with two attached hydrogens (primary N) is 1. The van der Waals surface area contributed by atoms with E-state index in [0.29, 0.717) is 5.56 Å². The molecule has 2 aromatic heterocycles. The number of amides is 1. The Kier molecular flexibility index (Phi) is 3.52.